The molecule has 24 heavy (non-hydrogen) atoms. The largest absolute Gasteiger partial charge is 0.465 e. The second-order valence-electron chi connectivity index (χ2n) is 4.76. The van der Waals surface area contributed by atoms with Gasteiger partial charge in [0, 0.05) is 0 Å². The molecule has 0 atom stereocenters. The number of alkyl halides is 6. The number of hydrogen-bond donors (Lipinski definition) is 0. The minimum absolute atomic E-state index is 0.0685. The molecule has 1 rings (SSSR count). The van der Waals surface area contributed by atoms with Crippen LogP contribution < -0.4 is 0 Å². The third kappa shape index (κ3) is 5.43. The van der Waals surface area contributed by atoms with Gasteiger partial charge in [-0.2, -0.15) is 26.3 Å². The summed E-state index contributed by atoms with van der Waals surface area (Å²) < 4.78 is 80.9. The summed E-state index contributed by atoms with van der Waals surface area (Å²) in [6, 6.07) is 1.36. The van der Waals surface area contributed by atoms with Crippen molar-refractivity contribution in [1.29, 1.82) is 0 Å². The van der Waals surface area contributed by atoms with Crippen LogP contribution in [-0.2, 0) is 28.3 Å². The van der Waals surface area contributed by atoms with Gasteiger partial charge in [-0.15, -0.1) is 0 Å². The topological polar surface area (TPSA) is 26.3 Å². The number of hydrogen-bond acceptors (Lipinski definition) is 2. The fourth-order valence-corrected chi connectivity index (χ4v) is 1.86. The van der Waals surface area contributed by atoms with Gasteiger partial charge in [0.1, 0.15) is 0 Å². The van der Waals surface area contributed by atoms with Crippen LogP contribution in [-0.4, -0.2) is 13.1 Å². The maximum absolute atomic E-state index is 12.7. The van der Waals surface area contributed by atoms with E-state index in [1.807, 2.05) is 0 Å². The molecule has 0 bridgehead atoms. The monoisotopic (exact) mass is 352 g/mol. The van der Waals surface area contributed by atoms with Crippen molar-refractivity contribution in [2.75, 3.05) is 7.11 Å². The molecule has 0 saturated carbocycles. The van der Waals surface area contributed by atoms with E-state index in [-0.39, 0.29) is 23.6 Å². The minimum atomic E-state index is -4.89. The fraction of sp³-hybridized carbons (Fsp3) is 0.312. The van der Waals surface area contributed by atoms with Crippen LogP contribution in [0.15, 0.2) is 42.0 Å². The number of ether oxygens (including phenoxy) is 1. The van der Waals surface area contributed by atoms with Crippen LogP contribution >= 0.6 is 0 Å². The molecule has 0 N–H and O–H groups in total. The molecule has 132 valence electrons. The van der Waals surface area contributed by atoms with E-state index < -0.39 is 29.4 Å². The molecule has 0 spiro atoms. The van der Waals surface area contributed by atoms with Crippen LogP contribution in [0.4, 0.5) is 26.3 Å². The van der Waals surface area contributed by atoms with Crippen LogP contribution in [0, 0.1) is 0 Å². The van der Waals surface area contributed by atoms with E-state index in [2.05, 4.69) is 4.74 Å². The van der Waals surface area contributed by atoms with Gasteiger partial charge in [0.15, 0.2) is 0 Å². The fourth-order valence-electron chi connectivity index (χ4n) is 1.86. The number of allylic oxidation sites excluding steroid dienone is 2. The van der Waals surface area contributed by atoms with E-state index in [9.17, 15) is 31.1 Å². The van der Waals surface area contributed by atoms with Crippen molar-refractivity contribution in [1.82, 2.24) is 0 Å². The van der Waals surface area contributed by atoms with Gasteiger partial charge in [0.05, 0.1) is 23.8 Å². The van der Waals surface area contributed by atoms with Crippen molar-refractivity contribution in [3.05, 3.63) is 58.7 Å². The molecule has 0 aromatic heterocycles. The summed E-state index contributed by atoms with van der Waals surface area (Å²) in [5.41, 5.74) is -2.78. The number of esters is 1. The maximum atomic E-state index is 12.7. The van der Waals surface area contributed by atoms with Gasteiger partial charge in [0.25, 0.3) is 0 Å². The predicted octanol–water partition coefficient (Wildman–Crippen LogP) is 4.94. The molecule has 0 amide bonds. The third-order valence-electron chi connectivity index (χ3n) is 3.03. The third-order valence-corrected chi connectivity index (χ3v) is 3.03. The molecule has 0 aliphatic heterocycles. The first-order valence-corrected chi connectivity index (χ1v) is 6.68. The Morgan fingerprint density at radius 2 is 1.54 bits per heavy atom. The average molecular weight is 352 g/mol. The Balaban J connectivity index is 3.14. The summed E-state index contributed by atoms with van der Waals surface area (Å²) in [7, 11) is 1.15. The van der Waals surface area contributed by atoms with E-state index in [0.29, 0.717) is 12.1 Å². The number of rotatable bonds is 4. The molecule has 8 heteroatoms. The molecular formula is C16H14F6O2. The second-order valence-corrected chi connectivity index (χ2v) is 4.76. The molecular weight excluding hydrogens is 338 g/mol. The second kappa shape index (κ2) is 7.55. The lowest BCUT2D eigenvalue weighted by Gasteiger charge is -2.13. The van der Waals surface area contributed by atoms with Crippen LogP contribution in [0.2, 0.25) is 0 Å². The highest BCUT2D eigenvalue weighted by molar-refractivity contribution is 5.91. The Hall–Kier alpha value is -2.25. The van der Waals surface area contributed by atoms with Gasteiger partial charge < -0.3 is 4.74 Å². The molecule has 1 aromatic rings. The molecule has 0 aliphatic rings. The summed E-state index contributed by atoms with van der Waals surface area (Å²) in [4.78, 5) is 11.3. The maximum Gasteiger partial charge on any atom is 0.416 e. The summed E-state index contributed by atoms with van der Waals surface area (Å²) in [5, 5.41) is 0. The first-order valence-electron chi connectivity index (χ1n) is 6.68. The zero-order valence-electron chi connectivity index (χ0n) is 12.8. The van der Waals surface area contributed by atoms with E-state index >= 15 is 0 Å². The molecule has 2 nitrogen and oxygen atoms in total. The van der Waals surface area contributed by atoms with Gasteiger partial charge in [-0.3, -0.25) is 0 Å². The van der Waals surface area contributed by atoms with Gasteiger partial charge >= 0.3 is 18.3 Å². The highest BCUT2D eigenvalue weighted by atomic mass is 19.4. The SMILES string of the molecule is C/C=C(\C=C/Cc1cc(C(F)(F)F)cc(C(F)(F)F)c1)C(=O)OC. The predicted molar refractivity (Wildman–Crippen MR) is 75.1 cm³/mol. The van der Waals surface area contributed by atoms with Crippen molar-refractivity contribution >= 4 is 5.97 Å². The first-order chi connectivity index (χ1) is 11.0. The van der Waals surface area contributed by atoms with Crippen molar-refractivity contribution in [3.8, 4) is 0 Å². The van der Waals surface area contributed by atoms with Crippen molar-refractivity contribution in [2.45, 2.75) is 25.7 Å². The van der Waals surface area contributed by atoms with Crippen LogP contribution in [0.5, 0.6) is 0 Å². The molecule has 0 fully saturated rings. The summed E-state index contributed by atoms with van der Waals surface area (Å²) in [6.07, 6.45) is -6.00. The lowest BCUT2D eigenvalue weighted by atomic mass is 10.0. The summed E-state index contributed by atoms with van der Waals surface area (Å²) >= 11 is 0. The molecule has 0 radical (unpaired) electrons. The highest BCUT2D eigenvalue weighted by Crippen LogP contribution is 2.36. The van der Waals surface area contributed by atoms with Crippen molar-refractivity contribution < 1.29 is 35.9 Å². The highest BCUT2D eigenvalue weighted by Gasteiger charge is 2.36. The summed E-state index contributed by atoms with van der Waals surface area (Å²) in [6.45, 7) is 1.54. The average Bonchev–Trinajstić information content (AvgIpc) is 2.49. The Kier molecular flexibility index (Phi) is 6.22. The number of halogens is 6. The van der Waals surface area contributed by atoms with Crippen molar-refractivity contribution in [2.24, 2.45) is 0 Å². The quantitative estimate of drug-likeness (QED) is 0.332. The van der Waals surface area contributed by atoms with Crippen molar-refractivity contribution in [3.63, 3.8) is 0 Å². The van der Waals surface area contributed by atoms with Gasteiger partial charge in [0.2, 0.25) is 0 Å². The van der Waals surface area contributed by atoms with Crippen LogP contribution in [0.25, 0.3) is 0 Å². The Morgan fingerprint density at radius 3 is 1.92 bits per heavy atom. The first kappa shape index (κ1) is 19.8. The van der Waals surface area contributed by atoms with E-state index in [4.69, 9.17) is 0 Å². The zero-order chi connectivity index (χ0) is 18.5. The Labute approximate surface area is 134 Å². The lowest BCUT2D eigenvalue weighted by molar-refractivity contribution is -0.143. The van der Waals surface area contributed by atoms with Gasteiger partial charge in [-0.05, 0) is 37.1 Å². The summed E-state index contributed by atoms with van der Waals surface area (Å²) in [5.74, 6) is -0.659. The normalized spacial score (nSPS) is 13.4. The van der Waals surface area contributed by atoms with Crippen LogP contribution in [0.1, 0.15) is 23.6 Å². The Morgan fingerprint density at radius 1 is 1.04 bits per heavy atom. The molecule has 0 unspecified atom stereocenters. The lowest BCUT2D eigenvalue weighted by Crippen LogP contribution is -2.11. The molecule has 0 heterocycles. The van der Waals surface area contributed by atoms with E-state index in [0.717, 1.165) is 7.11 Å². The van der Waals surface area contributed by atoms with Gasteiger partial charge in [-0.25, -0.2) is 4.79 Å². The number of benzene rings is 1. The zero-order valence-corrected chi connectivity index (χ0v) is 12.8. The number of methoxy groups -OCH3 is 1. The van der Waals surface area contributed by atoms with E-state index in [1.165, 1.54) is 18.2 Å². The van der Waals surface area contributed by atoms with E-state index in [1.54, 1.807) is 6.92 Å². The number of carbonyl (C=O) groups is 1. The number of carbonyl (C=O) groups excluding carboxylic acids is 1. The molecule has 0 saturated heterocycles. The van der Waals surface area contributed by atoms with Crippen LogP contribution in [0.3, 0.4) is 0 Å². The molecule has 1 aromatic carbocycles. The minimum Gasteiger partial charge on any atom is -0.465 e. The molecule has 0 aliphatic carbocycles. The smallest absolute Gasteiger partial charge is 0.416 e. The standard InChI is InChI=1S/C16H14F6O2/c1-3-11(14(23)24-2)6-4-5-10-7-12(15(17,18)19)9-13(8-10)16(20,21)22/h3-4,6-9H,5H2,1-2H3/b6-4-,11-3+. The Bertz CT molecular complexity index is 621. The van der Waals surface area contributed by atoms with Gasteiger partial charge in [-0.1, -0.05) is 18.2 Å².